The van der Waals surface area contributed by atoms with Gasteiger partial charge in [-0.2, -0.15) is 0 Å². The summed E-state index contributed by atoms with van der Waals surface area (Å²) < 4.78 is 0. The molecule has 0 aromatic rings. The molecule has 3 heteroatoms. The van der Waals surface area contributed by atoms with Crippen molar-refractivity contribution < 1.29 is 9.90 Å². The Hall–Kier alpha value is -0.830. The first kappa shape index (κ1) is 11.2. The molecule has 0 saturated carbocycles. The van der Waals surface area contributed by atoms with E-state index in [1.165, 1.54) is 0 Å². The van der Waals surface area contributed by atoms with Crippen LogP contribution in [0, 0.1) is 5.92 Å². The van der Waals surface area contributed by atoms with E-state index in [-0.39, 0.29) is 12.0 Å². The van der Waals surface area contributed by atoms with Crippen molar-refractivity contribution >= 4 is 5.97 Å². The number of nitrogens with one attached hydrogen (secondary N) is 1. The first-order valence-corrected chi connectivity index (χ1v) is 5.25. The maximum Gasteiger partial charge on any atom is 0.307 e. The van der Waals surface area contributed by atoms with Gasteiger partial charge in [-0.05, 0) is 26.2 Å². The minimum atomic E-state index is -0.726. The zero-order valence-corrected chi connectivity index (χ0v) is 8.86. The molecule has 3 nitrogen and oxygen atoms in total. The van der Waals surface area contributed by atoms with Crippen molar-refractivity contribution in [3.63, 3.8) is 0 Å². The lowest BCUT2D eigenvalue weighted by Gasteiger charge is -2.26. The van der Waals surface area contributed by atoms with Gasteiger partial charge in [-0.15, -0.1) is 0 Å². The molecule has 0 fully saturated rings. The molecule has 2 N–H and O–H groups in total. The summed E-state index contributed by atoms with van der Waals surface area (Å²) in [6.45, 7) is 3.69. The lowest BCUT2D eigenvalue weighted by Crippen LogP contribution is -2.42. The summed E-state index contributed by atoms with van der Waals surface area (Å²) in [5, 5.41) is 12.2. The molecule has 1 aliphatic rings. The highest BCUT2D eigenvalue weighted by Gasteiger charge is 2.21. The predicted molar refractivity (Wildman–Crippen MR) is 56.2 cm³/mol. The summed E-state index contributed by atoms with van der Waals surface area (Å²) in [6, 6.07) is 0.501. The molecule has 3 unspecified atom stereocenters. The Labute approximate surface area is 85.2 Å². The molecule has 1 aliphatic carbocycles. The van der Waals surface area contributed by atoms with Gasteiger partial charge in [0.15, 0.2) is 0 Å². The molecule has 0 saturated heterocycles. The Morgan fingerprint density at radius 2 is 2.21 bits per heavy atom. The predicted octanol–water partition coefficient (Wildman–Crippen LogP) is 1.79. The maximum atomic E-state index is 10.7. The number of hydrogen-bond donors (Lipinski definition) is 2. The first-order chi connectivity index (χ1) is 6.61. The molecule has 0 amide bonds. The zero-order valence-electron chi connectivity index (χ0n) is 8.86. The fourth-order valence-corrected chi connectivity index (χ4v) is 1.67. The standard InChI is InChI=1S/C11H19NO2/c1-8(11(13)14)9(2)12-10-6-4-3-5-7-10/h3-4,8-10,12H,5-7H2,1-2H3,(H,13,14). The zero-order chi connectivity index (χ0) is 10.6. The summed E-state index contributed by atoms with van der Waals surface area (Å²) >= 11 is 0. The third kappa shape index (κ3) is 3.14. The number of carbonyl (C=O) groups is 1. The Kier molecular flexibility index (Phi) is 4.14. The van der Waals surface area contributed by atoms with Crippen LogP contribution in [0.1, 0.15) is 33.1 Å². The van der Waals surface area contributed by atoms with Gasteiger partial charge in [0, 0.05) is 12.1 Å². The van der Waals surface area contributed by atoms with Crippen molar-refractivity contribution in [1.82, 2.24) is 5.32 Å². The van der Waals surface area contributed by atoms with Crippen molar-refractivity contribution in [2.45, 2.75) is 45.2 Å². The fourth-order valence-electron chi connectivity index (χ4n) is 1.67. The maximum absolute atomic E-state index is 10.7. The number of aliphatic carboxylic acids is 1. The van der Waals surface area contributed by atoms with Gasteiger partial charge in [0.1, 0.15) is 0 Å². The van der Waals surface area contributed by atoms with Crippen molar-refractivity contribution in [3.8, 4) is 0 Å². The molecule has 0 bridgehead atoms. The van der Waals surface area contributed by atoms with Crippen LogP contribution in [-0.4, -0.2) is 23.2 Å². The molecule has 80 valence electrons. The molecule has 0 aliphatic heterocycles. The van der Waals surface area contributed by atoms with Crippen LogP contribution in [-0.2, 0) is 4.79 Å². The summed E-state index contributed by atoms with van der Waals surface area (Å²) in [4.78, 5) is 10.7. The van der Waals surface area contributed by atoms with Gasteiger partial charge in [-0.3, -0.25) is 4.79 Å². The highest BCUT2D eigenvalue weighted by Crippen LogP contribution is 2.13. The average molecular weight is 197 g/mol. The average Bonchev–Trinajstić information content (AvgIpc) is 2.18. The monoisotopic (exact) mass is 197 g/mol. The largest absolute Gasteiger partial charge is 0.481 e. The van der Waals surface area contributed by atoms with Gasteiger partial charge in [-0.25, -0.2) is 0 Å². The molecule has 0 heterocycles. The summed E-state index contributed by atoms with van der Waals surface area (Å²) in [6.07, 6.45) is 7.60. The van der Waals surface area contributed by atoms with Gasteiger partial charge >= 0.3 is 5.97 Å². The van der Waals surface area contributed by atoms with E-state index in [1.54, 1.807) is 6.92 Å². The molecule has 0 aromatic carbocycles. The number of rotatable bonds is 4. The quantitative estimate of drug-likeness (QED) is 0.675. The van der Waals surface area contributed by atoms with Gasteiger partial charge in [0.05, 0.1) is 5.92 Å². The number of hydrogen-bond acceptors (Lipinski definition) is 2. The summed E-state index contributed by atoms with van der Waals surface area (Å²) in [7, 11) is 0. The highest BCUT2D eigenvalue weighted by atomic mass is 16.4. The lowest BCUT2D eigenvalue weighted by molar-refractivity contribution is -0.142. The number of carboxylic acid groups (broad SMARTS) is 1. The number of carboxylic acids is 1. The molecule has 0 radical (unpaired) electrons. The fraction of sp³-hybridized carbons (Fsp3) is 0.727. The van der Waals surface area contributed by atoms with E-state index in [9.17, 15) is 4.79 Å². The molecule has 0 aromatic heterocycles. The summed E-state index contributed by atoms with van der Waals surface area (Å²) in [5.41, 5.74) is 0. The Bertz CT molecular complexity index is 225. The molecule has 1 rings (SSSR count). The molecule has 0 spiro atoms. The number of allylic oxidation sites excluding steroid dienone is 1. The van der Waals surface area contributed by atoms with Crippen molar-refractivity contribution in [1.29, 1.82) is 0 Å². The van der Waals surface area contributed by atoms with E-state index in [1.807, 2.05) is 6.92 Å². The third-order valence-electron chi connectivity index (χ3n) is 2.91. The van der Waals surface area contributed by atoms with Crippen LogP contribution in [0.3, 0.4) is 0 Å². The summed E-state index contributed by atoms with van der Waals surface area (Å²) in [5.74, 6) is -1.04. The van der Waals surface area contributed by atoms with Crippen LogP contribution in [0.2, 0.25) is 0 Å². The van der Waals surface area contributed by atoms with Gasteiger partial charge in [0.25, 0.3) is 0 Å². The van der Waals surface area contributed by atoms with Gasteiger partial charge < -0.3 is 10.4 Å². The van der Waals surface area contributed by atoms with Crippen molar-refractivity contribution in [2.24, 2.45) is 5.92 Å². The van der Waals surface area contributed by atoms with Gasteiger partial charge in [-0.1, -0.05) is 19.1 Å². The van der Waals surface area contributed by atoms with E-state index < -0.39 is 5.97 Å². The normalized spacial score (nSPS) is 25.7. The van der Waals surface area contributed by atoms with Crippen LogP contribution in [0.5, 0.6) is 0 Å². The van der Waals surface area contributed by atoms with E-state index in [0.717, 1.165) is 19.3 Å². The molecular weight excluding hydrogens is 178 g/mol. The SMILES string of the molecule is CC(NC1CC=CCC1)C(C)C(=O)O. The van der Waals surface area contributed by atoms with E-state index in [2.05, 4.69) is 17.5 Å². The van der Waals surface area contributed by atoms with E-state index in [0.29, 0.717) is 6.04 Å². The van der Waals surface area contributed by atoms with Crippen LogP contribution < -0.4 is 5.32 Å². The van der Waals surface area contributed by atoms with Crippen LogP contribution in [0.25, 0.3) is 0 Å². The molecule has 3 atom stereocenters. The van der Waals surface area contributed by atoms with E-state index >= 15 is 0 Å². The Morgan fingerprint density at radius 3 is 2.71 bits per heavy atom. The van der Waals surface area contributed by atoms with Crippen molar-refractivity contribution in [2.75, 3.05) is 0 Å². The second kappa shape index (κ2) is 5.15. The van der Waals surface area contributed by atoms with Crippen molar-refractivity contribution in [3.05, 3.63) is 12.2 Å². The minimum Gasteiger partial charge on any atom is -0.481 e. The third-order valence-corrected chi connectivity index (χ3v) is 2.91. The second-order valence-electron chi connectivity index (χ2n) is 4.06. The molecule has 14 heavy (non-hydrogen) atoms. The first-order valence-electron chi connectivity index (χ1n) is 5.25. The lowest BCUT2D eigenvalue weighted by atomic mass is 9.98. The Balaban J connectivity index is 2.35. The highest BCUT2D eigenvalue weighted by molar-refractivity contribution is 5.70. The van der Waals surface area contributed by atoms with Crippen LogP contribution in [0.15, 0.2) is 12.2 Å². The molecular formula is C11H19NO2. The van der Waals surface area contributed by atoms with Crippen LogP contribution in [0.4, 0.5) is 0 Å². The Morgan fingerprint density at radius 1 is 1.50 bits per heavy atom. The van der Waals surface area contributed by atoms with Crippen LogP contribution >= 0.6 is 0 Å². The minimum absolute atomic E-state index is 0.0454. The topological polar surface area (TPSA) is 49.3 Å². The second-order valence-corrected chi connectivity index (χ2v) is 4.06. The van der Waals surface area contributed by atoms with E-state index in [4.69, 9.17) is 5.11 Å². The smallest absolute Gasteiger partial charge is 0.307 e. The van der Waals surface area contributed by atoms with Gasteiger partial charge in [0.2, 0.25) is 0 Å².